The summed E-state index contributed by atoms with van der Waals surface area (Å²) in [6.07, 6.45) is 6.23. The molecule has 1 fully saturated rings. The molecule has 0 bridgehead atoms. The predicted octanol–water partition coefficient (Wildman–Crippen LogP) is 5.10. The number of thiazole rings is 1. The van der Waals surface area contributed by atoms with Crippen molar-refractivity contribution in [1.82, 2.24) is 9.97 Å². The number of nitrogens with zero attached hydrogens (tertiary/aromatic N) is 2. The van der Waals surface area contributed by atoms with E-state index in [0.717, 1.165) is 10.6 Å². The predicted molar refractivity (Wildman–Crippen MR) is 86.1 cm³/mol. The van der Waals surface area contributed by atoms with Crippen molar-refractivity contribution in [2.45, 2.75) is 44.8 Å². The van der Waals surface area contributed by atoms with Crippen LogP contribution < -0.4 is 0 Å². The summed E-state index contributed by atoms with van der Waals surface area (Å²) in [5.74, 6) is 0.682. The molecule has 0 spiro atoms. The van der Waals surface area contributed by atoms with Crippen molar-refractivity contribution in [1.29, 1.82) is 0 Å². The van der Waals surface area contributed by atoms with Crippen molar-refractivity contribution >= 4 is 24.0 Å². The Kier molecular flexibility index (Phi) is 4.99. The first-order valence-electron chi connectivity index (χ1n) is 6.85. The lowest BCUT2D eigenvalue weighted by molar-refractivity contribution is 0.990. The zero-order chi connectivity index (χ0) is 13.8. The number of hydrogen-bond acceptors (Lipinski definition) is 4. The molecule has 19 heavy (non-hydrogen) atoms. The normalized spacial score (nSPS) is 15.6. The molecule has 2 nitrogen and oxygen atoms in total. The molecule has 1 unspecified atom stereocenters. The van der Waals surface area contributed by atoms with Crippen LogP contribution in [0.4, 0.5) is 0 Å². The highest BCUT2D eigenvalue weighted by Gasteiger charge is 2.30. The lowest BCUT2D eigenvalue weighted by atomic mass is 10.2. The van der Waals surface area contributed by atoms with Gasteiger partial charge in [0.15, 0.2) is 0 Å². The van der Waals surface area contributed by atoms with Crippen molar-refractivity contribution in [2.24, 2.45) is 0 Å². The van der Waals surface area contributed by atoms with Crippen LogP contribution in [0.25, 0.3) is 10.6 Å². The van der Waals surface area contributed by atoms with Crippen LogP contribution in [0, 0.1) is 0 Å². The third-order valence-electron chi connectivity index (χ3n) is 2.93. The number of pyridine rings is 1. The summed E-state index contributed by atoms with van der Waals surface area (Å²) in [6, 6.07) is 4.02. The minimum atomic E-state index is 0.272. The fourth-order valence-corrected chi connectivity index (χ4v) is 3.27. The van der Waals surface area contributed by atoms with E-state index in [4.69, 9.17) is 4.98 Å². The zero-order valence-corrected chi connectivity index (χ0v) is 13.3. The van der Waals surface area contributed by atoms with Gasteiger partial charge in [0, 0.05) is 34.0 Å². The van der Waals surface area contributed by atoms with Gasteiger partial charge in [0.2, 0.25) is 0 Å². The van der Waals surface area contributed by atoms with Crippen LogP contribution in [0.3, 0.4) is 0 Å². The van der Waals surface area contributed by atoms with Crippen molar-refractivity contribution in [3.05, 3.63) is 35.1 Å². The molecule has 2 aromatic heterocycles. The maximum Gasteiger partial charge on any atom is 0.125 e. The lowest BCUT2D eigenvalue weighted by Crippen LogP contribution is -1.88. The third kappa shape index (κ3) is 3.37. The van der Waals surface area contributed by atoms with Crippen molar-refractivity contribution < 1.29 is 0 Å². The van der Waals surface area contributed by atoms with Gasteiger partial charge in [-0.2, -0.15) is 12.6 Å². The minimum absolute atomic E-state index is 0.272. The molecule has 1 atom stereocenters. The molecule has 0 aromatic carbocycles. The second-order valence-electron chi connectivity index (χ2n) is 4.46. The topological polar surface area (TPSA) is 25.8 Å². The van der Waals surface area contributed by atoms with E-state index in [9.17, 15) is 0 Å². The quantitative estimate of drug-likeness (QED) is 0.796. The van der Waals surface area contributed by atoms with E-state index in [1.165, 1.54) is 23.4 Å². The highest BCUT2D eigenvalue weighted by atomic mass is 32.1. The SMILES string of the molecule is CC.CC(S)c1sc(-c2cccnc2)nc1C1CC1. The van der Waals surface area contributed by atoms with Crippen LogP contribution in [0.1, 0.15) is 55.4 Å². The Morgan fingerprint density at radius 3 is 2.63 bits per heavy atom. The van der Waals surface area contributed by atoms with Gasteiger partial charge in [0.1, 0.15) is 5.01 Å². The number of thiol groups is 1. The van der Waals surface area contributed by atoms with Crippen molar-refractivity contribution in [2.75, 3.05) is 0 Å². The smallest absolute Gasteiger partial charge is 0.125 e. The average molecular weight is 292 g/mol. The maximum atomic E-state index is 4.79. The molecule has 1 aliphatic carbocycles. The molecule has 1 aliphatic rings. The molecule has 2 aromatic rings. The molecule has 0 N–H and O–H groups in total. The lowest BCUT2D eigenvalue weighted by Gasteiger charge is -2.01. The summed E-state index contributed by atoms with van der Waals surface area (Å²) in [4.78, 5) is 10.3. The van der Waals surface area contributed by atoms with Crippen LogP contribution in [0.2, 0.25) is 0 Å². The van der Waals surface area contributed by atoms with E-state index in [0.29, 0.717) is 5.92 Å². The Balaban J connectivity index is 0.000000637. The number of hydrogen-bond donors (Lipinski definition) is 1. The van der Waals surface area contributed by atoms with Gasteiger partial charge < -0.3 is 0 Å². The summed E-state index contributed by atoms with van der Waals surface area (Å²) in [6.45, 7) is 6.12. The van der Waals surface area contributed by atoms with E-state index >= 15 is 0 Å². The molecule has 0 amide bonds. The summed E-state index contributed by atoms with van der Waals surface area (Å²) in [5, 5.41) is 1.35. The zero-order valence-electron chi connectivity index (χ0n) is 11.6. The fourth-order valence-electron chi connectivity index (χ4n) is 1.91. The van der Waals surface area contributed by atoms with E-state index in [1.54, 1.807) is 17.5 Å². The Labute approximate surface area is 124 Å². The summed E-state index contributed by atoms with van der Waals surface area (Å²) in [7, 11) is 0. The van der Waals surface area contributed by atoms with Crippen LogP contribution in [0.5, 0.6) is 0 Å². The molecule has 4 heteroatoms. The summed E-state index contributed by atoms with van der Waals surface area (Å²) < 4.78 is 0. The van der Waals surface area contributed by atoms with Crippen LogP contribution in [-0.2, 0) is 0 Å². The van der Waals surface area contributed by atoms with Crippen LogP contribution >= 0.6 is 24.0 Å². The first-order chi connectivity index (χ1) is 9.25. The number of rotatable bonds is 3. The number of aromatic nitrogens is 2. The molecular weight excluding hydrogens is 272 g/mol. The molecule has 102 valence electrons. The van der Waals surface area contributed by atoms with Crippen molar-refractivity contribution in [3.8, 4) is 10.6 Å². The first kappa shape index (κ1) is 14.5. The molecule has 0 saturated heterocycles. The second-order valence-corrected chi connectivity index (χ2v) is 6.27. The van der Waals surface area contributed by atoms with Gasteiger partial charge in [0.05, 0.1) is 5.69 Å². The van der Waals surface area contributed by atoms with Gasteiger partial charge in [-0.3, -0.25) is 4.98 Å². The van der Waals surface area contributed by atoms with Gasteiger partial charge in [-0.1, -0.05) is 13.8 Å². The minimum Gasteiger partial charge on any atom is -0.264 e. The Morgan fingerprint density at radius 1 is 1.37 bits per heavy atom. The van der Waals surface area contributed by atoms with Gasteiger partial charge in [-0.05, 0) is 31.9 Å². The summed E-state index contributed by atoms with van der Waals surface area (Å²) >= 11 is 6.32. The van der Waals surface area contributed by atoms with E-state index in [1.807, 2.05) is 26.1 Å². The maximum absolute atomic E-state index is 4.79. The van der Waals surface area contributed by atoms with E-state index in [-0.39, 0.29) is 5.25 Å². The van der Waals surface area contributed by atoms with E-state index < -0.39 is 0 Å². The largest absolute Gasteiger partial charge is 0.264 e. The van der Waals surface area contributed by atoms with E-state index in [2.05, 4.69) is 30.6 Å². The van der Waals surface area contributed by atoms with Gasteiger partial charge >= 0.3 is 0 Å². The van der Waals surface area contributed by atoms with Crippen LogP contribution in [0.15, 0.2) is 24.5 Å². The monoisotopic (exact) mass is 292 g/mol. The fraction of sp³-hybridized carbons (Fsp3) is 0.467. The highest BCUT2D eigenvalue weighted by molar-refractivity contribution is 7.80. The Hall–Kier alpha value is -0.870. The molecule has 3 rings (SSSR count). The Bertz CT molecular complexity index is 497. The van der Waals surface area contributed by atoms with Crippen molar-refractivity contribution in [3.63, 3.8) is 0 Å². The molecule has 2 heterocycles. The second kappa shape index (κ2) is 6.53. The van der Waals surface area contributed by atoms with Gasteiger partial charge in [-0.25, -0.2) is 4.98 Å². The first-order valence-corrected chi connectivity index (χ1v) is 8.18. The standard InChI is InChI=1S/C13H14N2S2.C2H6/c1-8(16)12-11(9-4-5-9)15-13(17-12)10-3-2-6-14-7-10;1-2/h2-3,6-9,16H,4-5H2,1H3;1-2H3. The third-order valence-corrected chi connectivity index (χ3v) is 4.67. The Morgan fingerprint density at radius 2 is 2.11 bits per heavy atom. The molecule has 0 aliphatic heterocycles. The molecular formula is C15H20N2S2. The molecule has 0 radical (unpaired) electrons. The van der Waals surface area contributed by atoms with Gasteiger partial charge in [-0.15, -0.1) is 11.3 Å². The average Bonchev–Trinajstić information content (AvgIpc) is 3.20. The highest BCUT2D eigenvalue weighted by Crippen LogP contribution is 2.46. The van der Waals surface area contributed by atoms with Crippen LogP contribution in [-0.4, -0.2) is 9.97 Å². The van der Waals surface area contributed by atoms with Gasteiger partial charge in [0.25, 0.3) is 0 Å². The molecule has 1 saturated carbocycles. The summed E-state index contributed by atoms with van der Waals surface area (Å²) in [5.41, 5.74) is 2.39.